The number of ketones is 1. The molecule has 0 bridgehead atoms. The highest BCUT2D eigenvalue weighted by atomic mass is 31.2. The number of Topliss-reactive ketones (excluding diaryl/α,β-unsaturated/α-hetero) is 1. The number of carbonyl (C=O) groups is 2. The number of phosphoric ester groups is 1. The molecule has 0 saturated carbocycles. The fourth-order valence-electron chi connectivity index (χ4n) is 1.24. The Morgan fingerprint density at radius 3 is 2.05 bits per heavy atom. The molecule has 0 aliphatic rings. The fourth-order valence-corrected chi connectivity index (χ4v) is 1.61. The lowest BCUT2D eigenvalue weighted by atomic mass is 9.84. The van der Waals surface area contributed by atoms with Crippen molar-refractivity contribution >= 4 is 19.6 Å². The van der Waals surface area contributed by atoms with Crippen molar-refractivity contribution < 1.29 is 48.9 Å². The molecule has 11 nitrogen and oxygen atoms in total. The zero-order chi connectivity index (χ0) is 16.3. The molecule has 0 aromatic carbocycles. The van der Waals surface area contributed by atoms with Crippen LogP contribution in [-0.2, 0) is 18.7 Å². The van der Waals surface area contributed by atoms with E-state index in [-0.39, 0.29) is 0 Å². The van der Waals surface area contributed by atoms with Crippen LogP contribution in [0.5, 0.6) is 0 Å². The monoisotopic (exact) mass is 317 g/mol. The Bertz CT molecular complexity index is 421. The van der Waals surface area contributed by atoms with Crippen LogP contribution in [0.15, 0.2) is 0 Å². The van der Waals surface area contributed by atoms with Crippen molar-refractivity contribution in [3.8, 4) is 0 Å². The van der Waals surface area contributed by atoms with Gasteiger partial charge in [-0.3, -0.25) is 14.6 Å². The standard InChI is InChI=1S/C8H16NO10P/c1-3(11)8(9,7(15)19-20(16,17)18)6(14)5(13)4(12)2-10/h4-6,10,12-14H,2,9H2,1H3,(H2,16,17,18)/t4-,5-,6+,8-/m1/s1. The number of carbonyl (C=O) groups excluding carboxylic acids is 2. The molecule has 0 aromatic rings. The summed E-state index contributed by atoms with van der Waals surface area (Å²) >= 11 is 0. The van der Waals surface area contributed by atoms with E-state index in [2.05, 4.69) is 4.52 Å². The highest BCUT2D eigenvalue weighted by Crippen LogP contribution is 2.38. The van der Waals surface area contributed by atoms with E-state index < -0.39 is 50.0 Å². The van der Waals surface area contributed by atoms with Gasteiger partial charge >= 0.3 is 13.8 Å². The van der Waals surface area contributed by atoms with E-state index in [1.165, 1.54) is 0 Å². The zero-order valence-electron chi connectivity index (χ0n) is 10.3. The lowest BCUT2D eigenvalue weighted by Crippen LogP contribution is -2.67. The van der Waals surface area contributed by atoms with Gasteiger partial charge in [0.05, 0.1) is 6.61 Å². The first kappa shape index (κ1) is 19.1. The van der Waals surface area contributed by atoms with E-state index in [4.69, 9.17) is 25.7 Å². The van der Waals surface area contributed by atoms with E-state index in [9.17, 15) is 24.4 Å². The molecule has 0 spiro atoms. The molecule has 0 fully saturated rings. The van der Waals surface area contributed by atoms with Crippen molar-refractivity contribution in [2.24, 2.45) is 5.73 Å². The van der Waals surface area contributed by atoms with Gasteiger partial charge in [0, 0.05) is 0 Å². The number of nitrogens with two attached hydrogens (primary N) is 1. The molecule has 4 atom stereocenters. The number of aliphatic hydroxyl groups is 4. The number of hydrogen-bond acceptors (Lipinski definition) is 9. The maximum Gasteiger partial charge on any atom is 0.527 e. The minimum Gasteiger partial charge on any atom is -0.394 e. The first-order valence-electron chi connectivity index (χ1n) is 5.12. The van der Waals surface area contributed by atoms with Crippen LogP contribution in [0, 0.1) is 0 Å². The SMILES string of the molecule is CC(=O)[C@](N)(C(=O)OP(=O)(O)O)[C@@H](O)[C@H](O)[C@H](O)CO. The highest BCUT2D eigenvalue weighted by molar-refractivity contribution is 7.46. The first-order valence-corrected chi connectivity index (χ1v) is 6.65. The van der Waals surface area contributed by atoms with Crippen molar-refractivity contribution in [1.29, 1.82) is 0 Å². The summed E-state index contributed by atoms with van der Waals surface area (Å²) in [5, 5.41) is 36.8. The molecule has 118 valence electrons. The molecular formula is C8H16NO10P. The normalized spacial score (nSPS) is 19.6. The van der Waals surface area contributed by atoms with Gasteiger partial charge < -0.3 is 30.7 Å². The van der Waals surface area contributed by atoms with Crippen molar-refractivity contribution in [2.75, 3.05) is 6.61 Å². The van der Waals surface area contributed by atoms with Crippen LogP contribution >= 0.6 is 7.82 Å². The van der Waals surface area contributed by atoms with Crippen molar-refractivity contribution in [3.63, 3.8) is 0 Å². The molecular weight excluding hydrogens is 301 g/mol. The van der Waals surface area contributed by atoms with Gasteiger partial charge in [-0.15, -0.1) is 0 Å². The molecule has 0 aliphatic carbocycles. The molecule has 0 amide bonds. The molecule has 0 aliphatic heterocycles. The Labute approximate surface area is 112 Å². The van der Waals surface area contributed by atoms with Gasteiger partial charge in [-0.2, -0.15) is 0 Å². The lowest BCUT2D eigenvalue weighted by molar-refractivity contribution is -0.161. The number of hydrogen-bond donors (Lipinski definition) is 7. The van der Waals surface area contributed by atoms with Crippen LogP contribution in [0.25, 0.3) is 0 Å². The van der Waals surface area contributed by atoms with Gasteiger partial charge in [0.1, 0.15) is 18.3 Å². The first-order chi connectivity index (χ1) is 8.87. The highest BCUT2D eigenvalue weighted by Gasteiger charge is 2.53. The van der Waals surface area contributed by atoms with Gasteiger partial charge in [0.15, 0.2) is 5.78 Å². The lowest BCUT2D eigenvalue weighted by Gasteiger charge is -2.33. The third-order valence-electron chi connectivity index (χ3n) is 2.49. The summed E-state index contributed by atoms with van der Waals surface area (Å²) in [6.45, 7) is -0.331. The number of phosphoric acid groups is 1. The average Bonchev–Trinajstić information content (AvgIpc) is 2.32. The summed E-state index contributed by atoms with van der Waals surface area (Å²) in [6.07, 6.45) is -6.66. The summed E-state index contributed by atoms with van der Waals surface area (Å²) in [6, 6.07) is 0. The molecule has 12 heteroatoms. The van der Waals surface area contributed by atoms with Gasteiger partial charge in [-0.1, -0.05) is 0 Å². The largest absolute Gasteiger partial charge is 0.527 e. The van der Waals surface area contributed by atoms with E-state index in [1.807, 2.05) is 0 Å². The molecule has 0 saturated heterocycles. The predicted octanol–water partition coefficient (Wildman–Crippen LogP) is -4.02. The molecule has 20 heavy (non-hydrogen) atoms. The van der Waals surface area contributed by atoms with E-state index in [0.29, 0.717) is 6.92 Å². The quantitative estimate of drug-likeness (QED) is 0.178. The minimum atomic E-state index is -5.34. The molecule has 0 radical (unpaired) electrons. The van der Waals surface area contributed by atoms with Gasteiger partial charge in [-0.05, 0) is 6.92 Å². The smallest absolute Gasteiger partial charge is 0.394 e. The Kier molecular flexibility index (Phi) is 6.39. The Hall–Kier alpha value is -0.910. The summed E-state index contributed by atoms with van der Waals surface area (Å²) in [4.78, 5) is 39.8. The summed E-state index contributed by atoms with van der Waals surface area (Å²) in [5.41, 5.74) is 2.23. The summed E-state index contributed by atoms with van der Waals surface area (Å²) < 4.78 is 14.2. The van der Waals surface area contributed by atoms with E-state index in [1.54, 1.807) is 0 Å². The molecule has 0 unspecified atom stereocenters. The number of aliphatic hydroxyl groups excluding tert-OH is 4. The Balaban J connectivity index is 5.45. The maximum absolute atomic E-state index is 11.5. The van der Waals surface area contributed by atoms with Crippen LogP contribution < -0.4 is 5.73 Å². The summed E-state index contributed by atoms with van der Waals surface area (Å²) in [7, 11) is -5.34. The second-order valence-electron chi connectivity index (χ2n) is 3.98. The molecule has 0 aromatic heterocycles. The number of rotatable bonds is 7. The molecule has 8 N–H and O–H groups in total. The molecule has 0 heterocycles. The zero-order valence-corrected chi connectivity index (χ0v) is 11.2. The van der Waals surface area contributed by atoms with Crippen molar-refractivity contribution in [1.82, 2.24) is 0 Å². The van der Waals surface area contributed by atoms with E-state index >= 15 is 0 Å². The van der Waals surface area contributed by atoms with E-state index in [0.717, 1.165) is 0 Å². The third kappa shape index (κ3) is 4.30. The Morgan fingerprint density at radius 1 is 1.30 bits per heavy atom. The minimum absolute atomic E-state index is 0.697. The fraction of sp³-hybridized carbons (Fsp3) is 0.750. The molecule has 0 rings (SSSR count). The summed E-state index contributed by atoms with van der Waals surface area (Å²) in [5.74, 6) is -3.28. The van der Waals surface area contributed by atoms with Crippen LogP contribution in [0.1, 0.15) is 6.92 Å². The van der Waals surface area contributed by atoms with Gasteiger partial charge in [0.2, 0.25) is 5.54 Å². The topological polar surface area (TPSA) is 208 Å². The maximum atomic E-state index is 11.5. The average molecular weight is 317 g/mol. The third-order valence-corrected chi connectivity index (χ3v) is 2.90. The second-order valence-corrected chi connectivity index (χ2v) is 5.14. The van der Waals surface area contributed by atoms with Crippen LogP contribution in [-0.4, -0.2) is 72.4 Å². The van der Waals surface area contributed by atoms with Crippen LogP contribution in [0.2, 0.25) is 0 Å². The van der Waals surface area contributed by atoms with Gasteiger partial charge in [0.25, 0.3) is 0 Å². The van der Waals surface area contributed by atoms with Crippen LogP contribution in [0.4, 0.5) is 0 Å². The van der Waals surface area contributed by atoms with Gasteiger partial charge in [-0.25, -0.2) is 9.36 Å². The second kappa shape index (κ2) is 6.70. The van der Waals surface area contributed by atoms with Crippen molar-refractivity contribution in [2.45, 2.75) is 30.8 Å². The Morgan fingerprint density at radius 2 is 1.75 bits per heavy atom. The van der Waals surface area contributed by atoms with Crippen molar-refractivity contribution in [3.05, 3.63) is 0 Å². The van der Waals surface area contributed by atoms with Crippen LogP contribution in [0.3, 0.4) is 0 Å². The predicted molar refractivity (Wildman–Crippen MR) is 60.8 cm³/mol.